The Morgan fingerprint density at radius 1 is 0.938 bits per heavy atom. The Labute approximate surface area is 91.5 Å². The van der Waals surface area contributed by atoms with Crippen LogP contribution in [0.15, 0.2) is 0 Å². The van der Waals surface area contributed by atoms with Crippen LogP contribution in [-0.2, 0) is 20.2 Å². The van der Waals surface area contributed by atoms with E-state index in [1.165, 1.54) is 0 Å². The van der Waals surface area contributed by atoms with Crippen LogP contribution in [0.4, 0.5) is 12.7 Å². The highest BCUT2D eigenvalue weighted by molar-refractivity contribution is 8.06. The van der Waals surface area contributed by atoms with Gasteiger partial charge in [-0.25, -0.2) is 8.42 Å². The van der Waals surface area contributed by atoms with Crippen LogP contribution in [0.3, 0.4) is 0 Å². The van der Waals surface area contributed by atoms with Gasteiger partial charge < -0.3 is 0 Å². The zero-order valence-corrected chi connectivity index (χ0v) is 9.70. The van der Waals surface area contributed by atoms with Crippen molar-refractivity contribution in [3.8, 4) is 0 Å². The quantitative estimate of drug-likeness (QED) is 0.712. The maximum Gasteiger partial charge on any atom is 0.489 e. The molecule has 1 aliphatic rings. The zero-order valence-electron chi connectivity index (χ0n) is 8.07. The highest BCUT2D eigenvalue weighted by Crippen LogP contribution is 2.33. The first kappa shape index (κ1) is 13.7. The van der Waals surface area contributed by atoms with Crippen LogP contribution in [0.2, 0.25) is 0 Å². The fraction of sp³-hybridized carbons (Fsp3) is 1.00. The summed E-state index contributed by atoms with van der Waals surface area (Å²) < 4.78 is 75.6. The monoisotopic (exact) mass is 281 g/mol. The normalized spacial score (nSPS) is 20.9. The lowest BCUT2D eigenvalue weighted by Crippen LogP contribution is -2.48. The van der Waals surface area contributed by atoms with E-state index in [4.69, 9.17) is 0 Å². The first-order chi connectivity index (χ1) is 7.11. The summed E-state index contributed by atoms with van der Waals surface area (Å²) in [6, 6.07) is 0. The molecular formula is C6H10F3NO4S2. The van der Waals surface area contributed by atoms with Crippen molar-refractivity contribution in [2.75, 3.05) is 13.1 Å². The second-order valence-corrected chi connectivity index (χ2v) is 6.99. The molecule has 0 amide bonds. The Hall–Kier alpha value is -0.350. The van der Waals surface area contributed by atoms with Gasteiger partial charge in [0.2, 0.25) is 0 Å². The van der Waals surface area contributed by atoms with Gasteiger partial charge in [0, 0.05) is 13.1 Å². The molecule has 1 heterocycles. The lowest BCUT2D eigenvalue weighted by Gasteiger charge is -2.27. The number of halogens is 3. The van der Waals surface area contributed by atoms with Crippen LogP contribution in [-0.4, -0.2) is 38.8 Å². The Morgan fingerprint density at radius 3 is 1.75 bits per heavy atom. The standard InChI is InChI=1S/C6H10F3NO4S2/c7-6(8,15(9,11)12)16(13,14)10-4-2-1-3-5-10/h1-5H2. The van der Waals surface area contributed by atoms with Gasteiger partial charge in [-0.3, -0.25) is 0 Å². The Morgan fingerprint density at radius 2 is 1.38 bits per heavy atom. The molecule has 1 rings (SSSR count). The van der Waals surface area contributed by atoms with Gasteiger partial charge in [-0.2, -0.15) is 21.5 Å². The average Bonchev–Trinajstić information content (AvgIpc) is 2.17. The van der Waals surface area contributed by atoms with Crippen LogP contribution in [0, 0.1) is 0 Å². The lowest BCUT2D eigenvalue weighted by molar-refractivity contribution is 0.159. The molecule has 0 radical (unpaired) electrons. The summed E-state index contributed by atoms with van der Waals surface area (Å²) in [5.41, 5.74) is 0. The molecule has 0 saturated carbocycles. The number of rotatable bonds is 3. The minimum absolute atomic E-state index is 0.215. The summed E-state index contributed by atoms with van der Waals surface area (Å²) in [6.07, 6.45) is 1.36. The van der Waals surface area contributed by atoms with E-state index in [2.05, 4.69) is 0 Å². The predicted octanol–water partition coefficient (Wildman–Crippen LogP) is 0.652. The van der Waals surface area contributed by atoms with E-state index >= 15 is 0 Å². The van der Waals surface area contributed by atoms with Crippen molar-refractivity contribution in [1.29, 1.82) is 0 Å². The Bertz CT molecular complexity index is 452. The van der Waals surface area contributed by atoms with Gasteiger partial charge in [0.1, 0.15) is 0 Å². The van der Waals surface area contributed by atoms with Crippen LogP contribution in [0.5, 0.6) is 0 Å². The second kappa shape index (κ2) is 4.15. The summed E-state index contributed by atoms with van der Waals surface area (Å²) in [5.74, 6) is 0. The SMILES string of the molecule is O=S(=O)(F)C(F)(F)S(=O)(=O)N1CCCCC1. The third-order valence-electron chi connectivity index (χ3n) is 2.24. The molecule has 0 unspecified atom stereocenters. The van der Waals surface area contributed by atoms with E-state index < -0.39 is 24.8 Å². The molecule has 5 nitrogen and oxygen atoms in total. The predicted molar refractivity (Wildman–Crippen MR) is 49.3 cm³/mol. The van der Waals surface area contributed by atoms with Crippen molar-refractivity contribution >= 4 is 20.2 Å². The van der Waals surface area contributed by atoms with Crippen LogP contribution in [0.1, 0.15) is 19.3 Å². The number of hydrogen-bond acceptors (Lipinski definition) is 4. The molecule has 0 aromatic rings. The number of hydrogen-bond donors (Lipinski definition) is 0. The number of sulfonamides is 1. The smallest absolute Gasteiger partial charge is 0.204 e. The summed E-state index contributed by atoms with van der Waals surface area (Å²) in [5, 5.41) is 0. The Balaban J connectivity index is 3.10. The molecule has 0 aliphatic carbocycles. The van der Waals surface area contributed by atoms with Gasteiger partial charge >= 0.3 is 14.8 Å². The van der Waals surface area contributed by atoms with Gasteiger partial charge in [-0.05, 0) is 12.8 Å². The van der Waals surface area contributed by atoms with Gasteiger partial charge in [-0.1, -0.05) is 10.3 Å². The van der Waals surface area contributed by atoms with Crippen molar-refractivity contribution in [2.24, 2.45) is 0 Å². The third-order valence-corrected chi connectivity index (χ3v) is 5.68. The van der Waals surface area contributed by atoms with Gasteiger partial charge in [0.25, 0.3) is 10.0 Å². The van der Waals surface area contributed by atoms with E-state index in [-0.39, 0.29) is 13.1 Å². The molecule has 1 saturated heterocycles. The van der Waals surface area contributed by atoms with E-state index in [1.54, 1.807) is 0 Å². The molecule has 0 spiro atoms. The van der Waals surface area contributed by atoms with Crippen LogP contribution < -0.4 is 0 Å². The number of nitrogens with zero attached hydrogens (tertiary/aromatic N) is 1. The van der Waals surface area contributed by atoms with E-state index in [9.17, 15) is 29.5 Å². The lowest BCUT2D eigenvalue weighted by atomic mass is 10.2. The molecule has 0 aromatic heterocycles. The van der Waals surface area contributed by atoms with E-state index in [0.29, 0.717) is 23.6 Å². The van der Waals surface area contributed by atoms with Crippen molar-refractivity contribution < 1.29 is 29.5 Å². The molecule has 0 aromatic carbocycles. The topological polar surface area (TPSA) is 71.5 Å². The largest absolute Gasteiger partial charge is 0.489 e. The molecule has 0 bridgehead atoms. The average molecular weight is 281 g/mol. The summed E-state index contributed by atoms with van der Waals surface area (Å²) in [4.78, 5) is 0. The molecular weight excluding hydrogens is 271 g/mol. The minimum atomic E-state index is -6.47. The molecule has 1 aliphatic heterocycles. The minimum Gasteiger partial charge on any atom is -0.204 e. The van der Waals surface area contributed by atoms with E-state index in [0.717, 1.165) is 0 Å². The van der Waals surface area contributed by atoms with Crippen molar-refractivity contribution in [2.45, 2.75) is 23.8 Å². The van der Waals surface area contributed by atoms with Crippen LogP contribution in [0.25, 0.3) is 0 Å². The maximum absolute atomic E-state index is 12.9. The fourth-order valence-electron chi connectivity index (χ4n) is 1.38. The number of alkyl halides is 2. The van der Waals surface area contributed by atoms with Crippen LogP contribution >= 0.6 is 0 Å². The Kier molecular flexibility index (Phi) is 3.56. The molecule has 10 heteroatoms. The second-order valence-electron chi connectivity index (χ2n) is 3.37. The number of piperidine rings is 1. The summed E-state index contributed by atoms with van der Waals surface area (Å²) in [6.45, 7) is -0.430. The highest BCUT2D eigenvalue weighted by atomic mass is 32.3. The molecule has 0 atom stereocenters. The first-order valence-electron chi connectivity index (χ1n) is 4.42. The molecule has 16 heavy (non-hydrogen) atoms. The van der Waals surface area contributed by atoms with Gasteiger partial charge in [-0.15, -0.1) is 0 Å². The van der Waals surface area contributed by atoms with E-state index in [1.807, 2.05) is 0 Å². The zero-order chi connectivity index (χ0) is 12.6. The molecule has 1 fully saturated rings. The third kappa shape index (κ3) is 2.18. The van der Waals surface area contributed by atoms with Gasteiger partial charge in [0.15, 0.2) is 0 Å². The van der Waals surface area contributed by atoms with Crippen molar-refractivity contribution in [1.82, 2.24) is 4.31 Å². The van der Waals surface area contributed by atoms with Gasteiger partial charge in [0.05, 0.1) is 0 Å². The highest BCUT2D eigenvalue weighted by Gasteiger charge is 2.61. The first-order valence-corrected chi connectivity index (χ1v) is 7.25. The molecule has 96 valence electrons. The van der Waals surface area contributed by atoms with Crippen molar-refractivity contribution in [3.05, 3.63) is 0 Å². The maximum atomic E-state index is 12.9. The fourth-order valence-corrected chi connectivity index (χ4v) is 3.74. The summed E-state index contributed by atoms with van der Waals surface area (Å²) in [7, 11) is -12.0. The van der Waals surface area contributed by atoms with Crippen molar-refractivity contribution in [3.63, 3.8) is 0 Å². The summed E-state index contributed by atoms with van der Waals surface area (Å²) >= 11 is 0. The molecule has 0 N–H and O–H groups in total.